The van der Waals surface area contributed by atoms with E-state index in [1.807, 2.05) is 30.5 Å². The molecule has 5 heterocycles. The lowest BCUT2D eigenvalue weighted by Crippen LogP contribution is -2.32. The van der Waals surface area contributed by atoms with Crippen LogP contribution in [0.3, 0.4) is 0 Å². The first-order chi connectivity index (χ1) is 35.2. The Kier molecular flexibility index (Phi) is 9.14. The van der Waals surface area contributed by atoms with Crippen molar-refractivity contribution in [3.8, 4) is 73.2 Å². The number of nitrogens with zero attached hydrogens (tertiary/aromatic N) is 4. The lowest BCUT2D eigenvalue weighted by atomic mass is 9.88. The van der Waals surface area contributed by atoms with Gasteiger partial charge in [0.1, 0.15) is 40.0 Å². The predicted octanol–water partition coefficient (Wildman–Crippen LogP) is 16.6. The Balaban J connectivity index is 1.04. The third-order valence-electron chi connectivity index (χ3n) is 14.5. The van der Waals surface area contributed by atoms with Gasteiger partial charge in [-0.05, 0) is 117 Å². The number of aryl methyl sites for hydroxylation is 1. The summed E-state index contributed by atoms with van der Waals surface area (Å²) in [6.07, 6.45) is 5.83. The van der Waals surface area contributed by atoms with E-state index in [2.05, 4.69) is 205 Å². The van der Waals surface area contributed by atoms with Crippen LogP contribution in [-0.4, -0.2) is 14.1 Å². The molecule has 0 aliphatic carbocycles. The molecule has 0 spiro atoms. The van der Waals surface area contributed by atoms with E-state index in [4.69, 9.17) is 14.1 Å². The summed E-state index contributed by atoms with van der Waals surface area (Å²) in [5.41, 5.74) is 17.1. The number of furan rings is 1. The third-order valence-corrected chi connectivity index (χ3v) is 14.5. The van der Waals surface area contributed by atoms with E-state index in [1.54, 1.807) is 6.92 Å². The molecule has 9 aromatic carbocycles. The van der Waals surface area contributed by atoms with E-state index in [9.17, 15) is 0 Å². The van der Waals surface area contributed by atoms with Crippen LogP contribution in [0.5, 0.6) is 11.5 Å². The van der Waals surface area contributed by atoms with Gasteiger partial charge in [0.05, 0.1) is 27.8 Å². The van der Waals surface area contributed by atoms with Crippen molar-refractivity contribution in [2.45, 2.75) is 33.1 Å². The summed E-state index contributed by atoms with van der Waals surface area (Å²) in [5.74, 6) is 1.74. The molecule has 6 nitrogen and oxygen atoms in total. The molecule has 0 N–H and O–H groups in total. The molecule has 1 aliphatic rings. The maximum Gasteiger partial charge on any atom is 0.270 e. The molecule has 0 saturated heterocycles. The number of fused-ring (bicyclic) bond motifs is 13. The number of ether oxygens (including phenoxy) is 1. The quantitative estimate of drug-likeness (QED) is 0.128. The standard InChI is InChI=1S/C65H45FN4O2/c1-39-32-53-54-34-43(71-42-28-29-50-49-22-12-13-26-56(49)70(58(50)35-42)61-33-41(30-31-67-61)65(2,3)4)36-59(64(54)72-60(53)37-55(39)66)68-38-69-62-44(40-16-6-5-7-17-40)23-14-24-51(62)47-20-10-8-18-45(47)46-19-9-11-21-48(46)52-25-15-27-57(68)63(52)69/h5-37H,1-4H3. The first kappa shape index (κ1) is 41.9. The smallest absolute Gasteiger partial charge is 0.270 e. The van der Waals surface area contributed by atoms with E-state index in [0.717, 1.165) is 99.6 Å². The summed E-state index contributed by atoms with van der Waals surface area (Å²) in [5, 5.41) is 3.81. The molecule has 344 valence electrons. The molecule has 0 bridgehead atoms. The molecule has 4 aromatic heterocycles. The Morgan fingerprint density at radius 1 is 0.556 bits per heavy atom. The molecule has 14 rings (SSSR count). The summed E-state index contributed by atoms with van der Waals surface area (Å²) >= 11 is 0. The van der Waals surface area contributed by atoms with Crippen molar-refractivity contribution in [2.75, 3.05) is 0 Å². The van der Waals surface area contributed by atoms with Crippen molar-refractivity contribution in [1.29, 1.82) is 0 Å². The fraction of sp³-hybridized carbons (Fsp3) is 0.0769. The van der Waals surface area contributed by atoms with Gasteiger partial charge in [-0.1, -0.05) is 154 Å². The van der Waals surface area contributed by atoms with Crippen molar-refractivity contribution in [3.05, 3.63) is 224 Å². The zero-order chi connectivity index (χ0) is 48.4. The molecule has 0 radical (unpaired) electrons. The van der Waals surface area contributed by atoms with Crippen molar-refractivity contribution in [2.24, 2.45) is 0 Å². The topological polar surface area (TPSA) is 49.0 Å². The van der Waals surface area contributed by atoms with E-state index >= 15 is 4.39 Å². The summed E-state index contributed by atoms with van der Waals surface area (Å²) in [4.78, 5) is 4.92. The summed E-state index contributed by atoms with van der Waals surface area (Å²) in [6.45, 7) is 8.45. The van der Waals surface area contributed by atoms with Gasteiger partial charge < -0.3 is 9.15 Å². The highest BCUT2D eigenvalue weighted by Crippen LogP contribution is 2.46. The van der Waals surface area contributed by atoms with Gasteiger partial charge in [0.15, 0.2) is 0 Å². The number of pyridine rings is 1. The van der Waals surface area contributed by atoms with Gasteiger partial charge in [0.25, 0.3) is 6.33 Å². The van der Waals surface area contributed by atoms with Crippen molar-refractivity contribution in [1.82, 2.24) is 14.1 Å². The highest BCUT2D eigenvalue weighted by atomic mass is 19.1. The van der Waals surface area contributed by atoms with Crippen LogP contribution in [0.2, 0.25) is 0 Å². The van der Waals surface area contributed by atoms with Crippen molar-refractivity contribution < 1.29 is 18.1 Å². The lowest BCUT2D eigenvalue weighted by Gasteiger charge is -2.20. The molecule has 0 atom stereocenters. The van der Waals surface area contributed by atoms with Gasteiger partial charge in [0.2, 0.25) is 0 Å². The van der Waals surface area contributed by atoms with Crippen molar-refractivity contribution in [3.63, 3.8) is 0 Å². The Labute approximate surface area is 415 Å². The Morgan fingerprint density at radius 2 is 1.21 bits per heavy atom. The average molecular weight is 933 g/mol. The number of para-hydroxylation sites is 3. The van der Waals surface area contributed by atoms with Crippen LogP contribution < -0.4 is 9.30 Å². The predicted molar refractivity (Wildman–Crippen MR) is 288 cm³/mol. The van der Waals surface area contributed by atoms with Crippen LogP contribution in [0.1, 0.15) is 31.9 Å². The summed E-state index contributed by atoms with van der Waals surface area (Å²) in [7, 11) is 0. The van der Waals surface area contributed by atoms with Crippen LogP contribution >= 0.6 is 0 Å². The molecule has 0 fully saturated rings. The Morgan fingerprint density at radius 3 is 2.00 bits per heavy atom. The van der Waals surface area contributed by atoms with Gasteiger partial charge >= 0.3 is 0 Å². The van der Waals surface area contributed by atoms with Crippen LogP contribution in [0.25, 0.3) is 116 Å². The highest BCUT2D eigenvalue weighted by molar-refractivity contribution is 6.11. The second-order valence-electron chi connectivity index (χ2n) is 19.9. The number of benzene rings is 9. The van der Waals surface area contributed by atoms with Gasteiger partial charge in [-0.25, -0.2) is 9.37 Å². The molecule has 0 unspecified atom stereocenters. The largest absolute Gasteiger partial charge is 0.459 e. The molecule has 7 heteroatoms. The Hall–Kier alpha value is -9.07. The normalized spacial score (nSPS) is 12.2. The number of halogens is 1. The fourth-order valence-corrected chi connectivity index (χ4v) is 11.1. The monoisotopic (exact) mass is 932 g/mol. The number of hydrogen-bond acceptors (Lipinski definition) is 3. The van der Waals surface area contributed by atoms with Crippen LogP contribution in [0.15, 0.2) is 205 Å². The van der Waals surface area contributed by atoms with Gasteiger partial charge in [-0.3, -0.25) is 13.7 Å². The minimum absolute atomic E-state index is 0.0646. The second-order valence-corrected chi connectivity index (χ2v) is 19.9. The zero-order valence-corrected chi connectivity index (χ0v) is 40.0. The third kappa shape index (κ3) is 6.40. The SMILES string of the molecule is Cc1cc2c(cc1F)oc1c(-n3[c-][n+]4c5c(cccc53)-c3ccccc3-c3ccccc3-c3cccc(-c5ccccc5)c3-4)cc(Oc3ccc4c5ccccc5n(-c5cc(C(C)(C)C)ccn5)c4c3)cc12. The van der Waals surface area contributed by atoms with Gasteiger partial charge in [-0.2, -0.15) is 0 Å². The van der Waals surface area contributed by atoms with E-state index in [0.29, 0.717) is 33.9 Å². The van der Waals surface area contributed by atoms with Crippen molar-refractivity contribution >= 4 is 54.8 Å². The summed E-state index contributed by atoms with van der Waals surface area (Å²) < 4.78 is 35.9. The van der Waals surface area contributed by atoms with Crippen LogP contribution in [-0.2, 0) is 5.41 Å². The van der Waals surface area contributed by atoms with Crippen LogP contribution in [0, 0.1) is 19.1 Å². The van der Waals surface area contributed by atoms with Gasteiger partial charge in [-0.15, -0.1) is 0 Å². The maximum atomic E-state index is 15.5. The van der Waals surface area contributed by atoms with Crippen LogP contribution in [0.4, 0.5) is 4.39 Å². The molecule has 0 saturated carbocycles. The number of rotatable bonds is 5. The summed E-state index contributed by atoms with van der Waals surface area (Å²) in [6, 6.07) is 67.4. The zero-order valence-electron chi connectivity index (χ0n) is 40.0. The molecule has 72 heavy (non-hydrogen) atoms. The van der Waals surface area contributed by atoms with Gasteiger partial charge in [0, 0.05) is 39.9 Å². The molecular formula is C65H45FN4O2. The average Bonchev–Trinajstić information content (AvgIpc) is 4.08. The lowest BCUT2D eigenvalue weighted by molar-refractivity contribution is -0.570. The molecule has 0 amide bonds. The van der Waals surface area contributed by atoms with E-state index in [1.165, 1.54) is 11.6 Å². The fourth-order valence-electron chi connectivity index (χ4n) is 11.1. The van der Waals surface area contributed by atoms with E-state index in [-0.39, 0.29) is 11.2 Å². The number of imidazole rings is 1. The highest BCUT2D eigenvalue weighted by Gasteiger charge is 2.28. The first-order valence-corrected chi connectivity index (χ1v) is 24.4. The minimum atomic E-state index is -0.329. The molecule has 1 aliphatic heterocycles. The van der Waals surface area contributed by atoms with E-state index < -0.39 is 0 Å². The number of hydrogen-bond donors (Lipinski definition) is 0. The maximum absolute atomic E-state index is 15.5. The molecule has 13 aromatic rings. The molecular weight excluding hydrogens is 888 g/mol. The number of aromatic nitrogens is 4. The Bertz CT molecular complexity index is 4380. The minimum Gasteiger partial charge on any atom is -0.459 e. The second kappa shape index (κ2) is 15.7. The first-order valence-electron chi connectivity index (χ1n) is 24.4.